The first kappa shape index (κ1) is 21.3. The van der Waals surface area contributed by atoms with Crippen LogP contribution in [0.1, 0.15) is 25.0 Å². The molecule has 0 radical (unpaired) electrons. The Kier molecular flexibility index (Phi) is 4.28. The van der Waals surface area contributed by atoms with Crippen molar-refractivity contribution < 1.29 is 0 Å². The molecule has 180 valence electrons. The molecule has 0 saturated carbocycles. The number of aromatic nitrogens is 3. The summed E-state index contributed by atoms with van der Waals surface area (Å²) < 4.78 is 2.40. The van der Waals surface area contributed by atoms with Crippen molar-refractivity contribution in [2.75, 3.05) is 0 Å². The molecule has 0 unspecified atom stereocenters. The van der Waals surface area contributed by atoms with E-state index in [9.17, 15) is 0 Å². The predicted molar refractivity (Wildman–Crippen MR) is 157 cm³/mol. The highest BCUT2D eigenvalue weighted by Crippen LogP contribution is 2.52. The fourth-order valence-electron chi connectivity index (χ4n) is 6.57. The van der Waals surface area contributed by atoms with Gasteiger partial charge in [-0.3, -0.25) is 9.97 Å². The molecule has 3 nitrogen and oxygen atoms in total. The van der Waals surface area contributed by atoms with Gasteiger partial charge in [-0.15, -0.1) is 0 Å². The second-order valence-electron chi connectivity index (χ2n) is 10.7. The van der Waals surface area contributed by atoms with Gasteiger partial charge in [0.05, 0.1) is 34.0 Å². The van der Waals surface area contributed by atoms with E-state index in [1.165, 1.54) is 44.1 Å². The van der Waals surface area contributed by atoms with Gasteiger partial charge in [0.2, 0.25) is 0 Å². The van der Waals surface area contributed by atoms with Gasteiger partial charge in [-0.05, 0) is 46.0 Å². The van der Waals surface area contributed by atoms with Gasteiger partial charge in [0.1, 0.15) is 0 Å². The number of benzene rings is 4. The van der Waals surface area contributed by atoms with Crippen molar-refractivity contribution in [3.63, 3.8) is 0 Å². The molecule has 38 heavy (non-hydrogen) atoms. The number of para-hydroxylation sites is 1. The van der Waals surface area contributed by atoms with Gasteiger partial charge < -0.3 is 4.57 Å². The zero-order chi connectivity index (χ0) is 25.4. The molecule has 1 aliphatic rings. The largest absolute Gasteiger partial charge is 0.307 e. The summed E-state index contributed by atoms with van der Waals surface area (Å²) in [4.78, 5) is 9.77. The van der Waals surface area contributed by atoms with Crippen LogP contribution >= 0.6 is 0 Å². The van der Waals surface area contributed by atoms with Crippen molar-refractivity contribution in [2.24, 2.45) is 0 Å². The minimum absolute atomic E-state index is 0.124. The van der Waals surface area contributed by atoms with Crippen LogP contribution in [0.2, 0.25) is 0 Å². The molecule has 1 aliphatic carbocycles. The SMILES string of the molecule is CC1(C)c2ccccc2-c2ccc3c4ccccc4n(-c4cnc5c(-c6ccccc6)ccnc5c4)c3c21. The lowest BCUT2D eigenvalue weighted by molar-refractivity contribution is 0.664. The first-order valence-corrected chi connectivity index (χ1v) is 13.1. The molecule has 3 heteroatoms. The maximum absolute atomic E-state index is 5.01. The highest BCUT2D eigenvalue weighted by Gasteiger charge is 2.38. The maximum Gasteiger partial charge on any atom is 0.0966 e. The molecule has 0 saturated heterocycles. The van der Waals surface area contributed by atoms with Gasteiger partial charge in [-0.2, -0.15) is 0 Å². The maximum atomic E-state index is 5.01. The van der Waals surface area contributed by atoms with Crippen LogP contribution in [0.3, 0.4) is 0 Å². The van der Waals surface area contributed by atoms with E-state index >= 15 is 0 Å². The van der Waals surface area contributed by atoms with Crippen molar-refractivity contribution in [3.05, 3.63) is 127 Å². The standard InChI is InChI=1S/C35H25N3/c1-35(2)29-14-8-6-12-25(29)27-16-17-28-26-13-7-9-15-31(26)38(34(28)32(27)35)23-20-30-33(37-21-23)24(18-19-36-30)22-10-4-3-5-11-22/h3-21H,1-2H3. The van der Waals surface area contributed by atoms with E-state index in [0.29, 0.717) is 0 Å². The Morgan fingerprint density at radius 2 is 1.45 bits per heavy atom. The number of nitrogens with zero attached hydrogens (tertiary/aromatic N) is 3. The molecule has 4 aromatic carbocycles. The minimum Gasteiger partial charge on any atom is -0.307 e. The zero-order valence-corrected chi connectivity index (χ0v) is 21.3. The summed E-state index contributed by atoms with van der Waals surface area (Å²) in [6.45, 7) is 4.71. The normalized spacial score (nSPS) is 13.7. The van der Waals surface area contributed by atoms with Crippen LogP contribution in [0.25, 0.3) is 60.8 Å². The molecule has 8 rings (SSSR count). The molecule has 3 aromatic heterocycles. The van der Waals surface area contributed by atoms with Crippen molar-refractivity contribution in [1.82, 2.24) is 14.5 Å². The van der Waals surface area contributed by atoms with E-state index in [4.69, 9.17) is 9.97 Å². The van der Waals surface area contributed by atoms with Gasteiger partial charge in [-0.1, -0.05) is 98.8 Å². The third-order valence-electron chi connectivity index (χ3n) is 8.26. The van der Waals surface area contributed by atoms with Crippen molar-refractivity contribution in [1.29, 1.82) is 0 Å². The van der Waals surface area contributed by atoms with Crippen LogP contribution in [0, 0.1) is 0 Å². The van der Waals surface area contributed by atoms with Gasteiger partial charge in [-0.25, -0.2) is 0 Å². The lowest BCUT2D eigenvalue weighted by Crippen LogP contribution is -2.16. The van der Waals surface area contributed by atoms with Crippen LogP contribution in [0.4, 0.5) is 0 Å². The Hall–Kier alpha value is -4.76. The highest BCUT2D eigenvalue weighted by atomic mass is 15.0. The highest BCUT2D eigenvalue weighted by molar-refractivity contribution is 6.13. The summed E-state index contributed by atoms with van der Waals surface area (Å²) in [6, 6.07) is 36.8. The summed E-state index contributed by atoms with van der Waals surface area (Å²) in [5.41, 5.74) is 12.8. The number of hydrogen-bond donors (Lipinski definition) is 0. The Bertz CT molecular complexity index is 2050. The van der Waals surface area contributed by atoms with Gasteiger partial charge in [0, 0.05) is 27.9 Å². The quantitative estimate of drug-likeness (QED) is 0.244. The van der Waals surface area contributed by atoms with Crippen molar-refractivity contribution in [3.8, 4) is 27.9 Å². The lowest BCUT2D eigenvalue weighted by atomic mass is 9.81. The van der Waals surface area contributed by atoms with E-state index in [2.05, 4.69) is 115 Å². The van der Waals surface area contributed by atoms with Crippen molar-refractivity contribution in [2.45, 2.75) is 19.3 Å². The molecule has 0 bridgehead atoms. The molecule has 0 amide bonds. The summed E-state index contributed by atoms with van der Waals surface area (Å²) in [6.07, 6.45) is 3.90. The number of pyridine rings is 2. The Morgan fingerprint density at radius 3 is 2.34 bits per heavy atom. The average molecular weight is 488 g/mol. The molecule has 7 aromatic rings. The molecule has 0 N–H and O–H groups in total. The third-order valence-corrected chi connectivity index (χ3v) is 8.26. The van der Waals surface area contributed by atoms with Gasteiger partial charge in [0.15, 0.2) is 0 Å². The molecule has 0 spiro atoms. The Balaban J connectivity index is 1.46. The summed E-state index contributed by atoms with van der Waals surface area (Å²) in [5, 5.41) is 2.52. The summed E-state index contributed by atoms with van der Waals surface area (Å²) in [5.74, 6) is 0. The van der Waals surface area contributed by atoms with E-state index in [1.54, 1.807) is 0 Å². The second-order valence-corrected chi connectivity index (χ2v) is 10.7. The molecule has 0 atom stereocenters. The van der Waals surface area contributed by atoms with Crippen LogP contribution in [0.5, 0.6) is 0 Å². The lowest BCUT2D eigenvalue weighted by Gasteiger charge is -2.23. The average Bonchev–Trinajstić information content (AvgIpc) is 3.42. The monoisotopic (exact) mass is 487 g/mol. The minimum atomic E-state index is -0.124. The van der Waals surface area contributed by atoms with Crippen molar-refractivity contribution >= 4 is 32.8 Å². The van der Waals surface area contributed by atoms with Crippen LogP contribution in [0.15, 0.2) is 116 Å². The zero-order valence-electron chi connectivity index (χ0n) is 21.3. The Labute approximate surface area is 221 Å². The van der Waals surface area contributed by atoms with Crippen LogP contribution < -0.4 is 0 Å². The van der Waals surface area contributed by atoms with E-state index < -0.39 is 0 Å². The topological polar surface area (TPSA) is 30.7 Å². The van der Waals surface area contributed by atoms with E-state index in [0.717, 1.165) is 27.8 Å². The fraction of sp³-hybridized carbons (Fsp3) is 0.0857. The molecule has 3 heterocycles. The molecular formula is C35H25N3. The first-order chi connectivity index (χ1) is 18.6. The molecular weight excluding hydrogens is 462 g/mol. The van der Waals surface area contributed by atoms with E-state index in [-0.39, 0.29) is 5.41 Å². The fourth-order valence-corrected chi connectivity index (χ4v) is 6.57. The summed E-state index contributed by atoms with van der Waals surface area (Å²) >= 11 is 0. The smallest absolute Gasteiger partial charge is 0.0966 e. The van der Waals surface area contributed by atoms with Crippen LogP contribution in [-0.4, -0.2) is 14.5 Å². The van der Waals surface area contributed by atoms with Crippen LogP contribution in [-0.2, 0) is 5.41 Å². The van der Waals surface area contributed by atoms with E-state index in [1.807, 2.05) is 18.5 Å². The van der Waals surface area contributed by atoms with Gasteiger partial charge >= 0.3 is 0 Å². The Morgan fingerprint density at radius 1 is 0.658 bits per heavy atom. The number of fused-ring (bicyclic) bond motifs is 8. The first-order valence-electron chi connectivity index (χ1n) is 13.1. The second kappa shape index (κ2) is 7.62. The third kappa shape index (κ3) is 2.79. The number of rotatable bonds is 2. The number of hydrogen-bond acceptors (Lipinski definition) is 2. The predicted octanol–water partition coefficient (Wildman–Crippen LogP) is 8.70. The molecule has 0 aliphatic heterocycles. The summed E-state index contributed by atoms with van der Waals surface area (Å²) in [7, 11) is 0. The molecule has 0 fully saturated rings. The van der Waals surface area contributed by atoms with Gasteiger partial charge in [0.25, 0.3) is 0 Å².